The van der Waals surface area contributed by atoms with Crippen molar-refractivity contribution in [2.75, 3.05) is 13.0 Å². The van der Waals surface area contributed by atoms with E-state index in [1.54, 1.807) is 7.11 Å². The van der Waals surface area contributed by atoms with Gasteiger partial charge in [0.05, 0.1) is 7.11 Å². The van der Waals surface area contributed by atoms with Crippen LogP contribution in [-0.2, 0) is 6.42 Å². The molecule has 64 valence electrons. The molecule has 0 amide bonds. The summed E-state index contributed by atoms with van der Waals surface area (Å²) in [5.41, 5.74) is 1.25. The highest BCUT2D eigenvalue weighted by Gasteiger charge is 1.91. The van der Waals surface area contributed by atoms with E-state index in [-0.39, 0.29) is 23.1 Å². The Kier molecular flexibility index (Phi) is 6.62. The zero-order valence-corrected chi connectivity index (χ0v) is 7.27. The third-order valence-electron chi connectivity index (χ3n) is 1.54. The van der Waals surface area contributed by atoms with Gasteiger partial charge in [-0.1, -0.05) is 12.1 Å². The van der Waals surface area contributed by atoms with Gasteiger partial charge in [-0.3, -0.25) is 0 Å². The number of methoxy groups -OCH3 is 1. The van der Waals surface area contributed by atoms with Crippen molar-refractivity contribution in [1.29, 1.82) is 0 Å². The van der Waals surface area contributed by atoms with Crippen LogP contribution in [0.3, 0.4) is 0 Å². The number of benzene rings is 1. The van der Waals surface area contributed by atoms with Gasteiger partial charge in [0.15, 0.2) is 0 Å². The van der Waals surface area contributed by atoms with E-state index in [9.17, 15) is 0 Å². The molecule has 0 fully saturated rings. The van der Waals surface area contributed by atoms with Crippen molar-refractivity contribution in [3.63, 3.8) is 0 Å². The quantitative estimate of drug-likeness (QED) is 0.527. The summed E-state index contributed by atoms with van der Waals surface area (Å²) in [4.78, 5) is 0. The summed E-state index contributed by atoms with van der Waals surface area (Å²) < 4.78 is 5.01. The molecule has 1 rings (SSSR count). The Balaban J connectivity index is 0.00000121. The largest absolute Gasteiger partial charge is 0.497 e. The van der Waals surface area contributed by atoms with Crippen LogP contribution in [0.4, 0.5) is 0 Å². The Bertz CT molecular complexity index is 210. The summed E-state index contributed by atoms with van der Waals surface area (Å²) in [6.07, 6.45) is 0.922. The van der Waals surface area contributed by atoms with Crippen LogP contribution < -0.4 is 4.74 Å². The zero-order valence-electron chi connectivity index (χ0n) is 6.51. The molecule has 0 unspecified atom stereocenters. The Morgan fingerprint density at radius 3 is 2.25 bits per heavy atom. The van der Waals surface area contributed by atoms with Gasteiger partial charge in [-0.25, -0.2) is 0 Å². The van der Waals surface area contributed by atoms with Gasteiger partial charge in [-0.2, -0.15) is 0 Å². The van der Waals surface area contributed by atoms with Crippen LogP contribution in [0.25, 0.3) is 0 Å². The molecule has 0 heterocycles. The maximum atomic E-state index is 5.58. The number of aryl methyl sites for hydroxylation is 1. The van der Waals surface area contributed by atoms with Gasteiger partial charge in [0, 0.05) is 5.88 Å². The highest BCUT2D eigenvalue weighted by molar-refractivity contribution is 6.17. The average Bonchev–Trinajstić information content (AvgIpc) is 2.07. The highest BCUT2D eigenvalue weighted by Crippen LogP contribution is 2.11. The van der Waals surface area contributed by atoms with Crippen LogP contribution in [0.15, 0.2) is 24.3 Å². The first-order valence-corrected chi connectivity index (χ1v) is 4.09. The first-order chi connectivity index (χ1) is 5.36. The van der Waals surface area contributed by atoms with Crippen molar-refractivity contribution in [2.45, 2.75) is 6.42 Å². The van der Waals surface area contributed by atoms with Crippen molar-refractivity contribution >= 4 is 34.7 Å². The predicted molar refractivity (Wildman–Crippen MR) is 56.0 cm³/mol. The first-order valence-electron chi connectivity index (χ1n) is 3.55. The summed E-state index contributed by atoms with van der Waals surface area (Å²) in [7, 11) is 1.66. The lowest BCUT2D eigenvalue weighted by atomic mass is 10.2. The maximum Gasteiger partial charge on any atom is 0.316 e. The third kappa shape index (κ3) is 3.65. The van der Waals surface area contributed by atoms with E-state index in [0.717, 1.165) is 12.2 Å². The molecule has 0 aliphatic carbocycles. The molecule has 0 aliphatic rings. The number of hydrogen-bond donors (Lipinski definition) is 0. The van der Waals surface area contributed by atoms with Gasteiger partial charge >= 0.3 is 23.1 Å². The molecule has 0 N–H and O–H groups in total. The second kappa shape index (κ2) is 6.58. The van der Waals surface area contributed by atoms with E-state index in [1.807, 2.05) is 24.3 Å². The molecule has 0 aliphatic heterocycles. The molecule has 1 aromatic carbocycles. The molecule has 0 saturated carbocycles. The number of hydrogen-bond acceptors (Lipinski definition) is 1. The molecular weight excluding hydrogens is 184 g/mol. The fraction of sp³-hybridized carbons (Fsp3) is 0.333. The Hall–Kier alpha value is 0.0762. The monoisotopic (exact) mass is 196 g/mol. The van der Waals surface area contributed by atoms with E-state index < -0.39 is 0 Å². The lowest BCUT2D eigenvalue weighted by Gasteiger charge is -2.00. The normalized spacial score (nSPS) is 8.83. The average molecular weight is 197 g/mol. The minimum absolute atomic E-state index is 0. The Labute approximate surface area is 94.2 Å². The lowest BCUT2D eigenvalue weighted by molar-refractivity contribution is 0.414. The zero-order chi connectivity index (χ0) is 8.10. The molecule has 0 atom stereocenters. The third-order valence-corrected chi connectivity index (χ3v) is 1.73. The van der Waals surface area contributed by atoms with Crippen molar-refractivity contribution in [3.8, 4) is 5.75 Å². The second-order valence-corrected chi connectivity index (χ2v) is 2.67. The summed E-state index contributed by atoms with van der Waals surface area (Å²) >= 11 is 5.58. The van der Waals surface area contributed by atoms with Crippen LogP contribution in [0.2, 0.25) is 0 Å². The van der Waals surface area contributed by atoms with Crippen LogP contribution in [0.5, 0.6) is 5.75 Å². The maximum absolute atomic E-state index is 5.58. The van der Waals surface area contributed by atoms with Gasteiger partial charge in [0.1, 0.15) is 5.75 Å². The van der Waals surface area contributed by atoms with Crippen molar-refractivity contribution < 1.29 is 4.74 Å². The summed E-state index contributed by atoms with van der Waals surface area (Å²) in [6, 6.07) is 7.95. The van der Waals surface area contributed by atoms with Crippen LogP contribution in [0, 0.1) is 0 Å². The molecule has 0 bridgehead atoms. The molecule has 12 heavy (non-hydrogen) atoms. The van der Waals surface area contributed by atoms with E-state index >= 15 is 0 Å². The van der Waals surface area contributed by atoms with Gasteiger partial charge in [-0.15, -0.1) is 11.6 Å². The number of ether oxygens (including phenoxy) is 1. The van der Waals surface area contributed by atoms with Crippen molar-refractivity contribution in [2.24, 2.45) is 0 Å². The van der Waals surface area contributed by atoms with E-state index in [1.165, 1.54) is 5.56 Å². The second-order valence-electron chi connectivity index (χ2n) is 2.29. The summed E-state index contributed by atoms with van der Waals surface area (Å²) in [5, 5.41) is 0. The number of rotatable bonds is 3. The molecule has 0 aromatic heterocycles. The van der Waals surface area contributed by atoms with E-state index in [0.29, 0.717) is 5.88 Å². The van der Waals surface area contributed by atoms with Gasteiger partial charge in [-0.05, 0) is 24.1 Å². The van der Waals surface area contributed by atoms with Crippen molar-refractivity contribution in [3.05, 3.63) is 29.8 Å². The first kappa shape index (κ1) is 12.1. The molecular formula is C9H13ClMgO. The fourth-order valence-corrected chi connectivity index (χ4v) is 1.12. The standard InChI is InChI=1S/C9H11ClO.Mg.2H/c1-11-9-4-2-8(3-5-9)6-7-10;;;/h2-5H,6-7H2,1H3;;;. The summed E-state index contributed by atoms with van der Waals surface area (Å²) in [6.45, 7) is 0. The summed E-state index contributed by atoms with van der Waals surface area (Å²) in [5.74, 6) is 1.56. The Morgan fingerprint density at radius 2 is 1.83 bits per heavy atom. The topological polar surface area (TPSA) is 9.23 Å². The van der Waals surface area contributed by atoms with Crippen LogP contribution >= 0.6 is 11.6 Å². The van der Waals surface area contributed by atoms with Crippen LogP contribution in [0.1, 0.15) is 5.56 Å². The smallest absolute Gasteiger partial charge is 0.316 e. The SMILES string of the molecule is COc1ccc(CCCl)cc1.[MgH2]. The Morgan fingerprint density at radius 1 is 1.25 bits per heavy atom. The highest BCUT2D eigenvalue weighted by atomic mass is 35.5. The molecule has 3 heteroatoms. The molecule has 0 spiro atoms. The minimum Gasteiger partial charge on any atom is -0.497 e. The van der Waals surface area contributed by atoms with E-state index in [2.05, 4.69) is 0 Å². The van der Waals surface area contributed by atoms with Gasteiger partial charge in [0.25, 0.3) is 0 Å². The van der Waals surface area contributed by atoms with Gasteiger partial charge in [0.2, 0.25) is 0 Å². The van der Waals surface area contributed by atoms with Gasteiger partial charge < -0.3 is 4.74 Å². The van der Waals surface area contributed by atoms with Crippen molar-refractivity contribution in [1.82, 2.24) is 0 Å². The molecule has 0 saturated heterocycles. The molecule has 1 aromatic rings. The molecule has 1 nitrogen and oxygen atoms in total. The van der Waals surface area contributed by atoms with Crippen LogP contribution in [-0.4, -0.2) is 36.0 Å². The molecule has 0 radical (unpaired) electrons. The number of halogens is 1. The van der Waals surface area contributed by atoms with E-state index in [4.69, 9.17) is 16.3 Å². The predicted octanol–water partition coefficient (Wildman–Crippen LogP) is 1.56. The minimum atomic E-state index is 0. The lowest BCUT2D eigenvalue weighted by Crippen LogP contribution is -1.86. The number of alkyl halides is 1. The fourth-order valence-electron chi connectivity index (χ4n) is 0.901.